The van der Waals surface area contributed by atoms with E-state index in [1.54, 1.807) is 18.2 Å². The van der Waals surface area contributed by atoms with E-state index in [0.717, 1.165) is 11.1 Å². The molecule has 0 nitrogen and oxygen atoms in total. The fourth-order valence-corrected chi connectivity index (χ4v) is 2.38. The normalized spacial score (nSPS) is 11.6. The maximum Gasteiger partial charge on any atom is 0.131 e. The van der Waals surface area contributed by atoms with Crippen LogP contribution in [0.4, 0.5) is 4.39 Å². The third-order valence-corrected chi connectivity index (χ3v) is 3.54. The lowest BCUT2D eigenvalue weighted by molar-refractivity contribution is 0.625. The van der Waals surface area contributed by atoms with Crippen molar-refractivity contribution >= 4 is 39.2 Å². The number of allylic oxidation sites excluding steroid dienone is 1. The first-order valence-corrected chi connectivity index (χ1v) is 6.98. The lowest BCUT2D eigenvalue weighted by Crippen LogP contribution is -1.89. The average Bonchev–Trinajstić information content (AvgIpc) is 2.40. The van der Waals surface area contributed by atoms with Crippen molar-refractivity contribution in [3.63, 3.8) is 0 Å². The van der Waals surface area contributed by atoms with E-state index in [1.807, 2.05) is 30.3 Å². The van der Waals surface area contributed by atoms with Gasteiger partial charge in [0, 0.05) is 10.9 Å². The molecular formula is C15H11BrClF. The highest BCUT2D eigenvalue weighted by Crippen LogP contribution is 2.26. The molecule has 0 aliphatic heterocycles. The van der Waals surface area contributed by atoms with E-state index in [0.29, 0.717) is 15.9 Å². The monoisotopic (exact) mass is 324 g/mol. The van der Waals surface area contributed by atoms with Gasteiger partial charge in [-0.2, -0.15) is 0 Å². The van der Waals surface area contributed by atoms with E-state index in [2.05, 4.69) is 15.9 Å². The zero-order chi connectivity index (χ0) is 13.0. The predicted molar refractivity (Wildman–Crippen MR) is 79.5 cm³/mol. The minimum atomic E-state index is -0.308. The van der Waals surface area contributed by atoms with Crippen molar-refractivity contribution in [3.05, 3.63) is 70.5 Å². The van der Waals surface area contributed by atoms with Crippen LogP contribution < -0.4 is 0 Å². The molecule has 2 rings (SSSR count). The van der Waals surface area contributed by atoms with Gasteiger partial charge < -0.3 is 0 Å². The number of rotatable bonds is 3. The van der Waals surface area contributed by atoms with Gasteiger partial charge in [0.25, 0.3) is 0 Å². The Morgan fingerprint density at radius 2 is 1.83 bits per heavy atom. The molecule has 2 aromatic rings. The first kappa shape index (κ1) is 13.3. The van der Waals surface area contributed by atoms with Crippen LogP contribution in [0.3, 0.4) is 0 Å². The van der Waals surface area contributed by atoms with Crippen LogP contribution in [0.15, 0.2) is 48.5 Å². The second kappa shape index (κ2) is 6.17. The minimum absolute atomic E-state index is 0.308. The zero-order valence-corrected chi connectivity index (χ0v) is 11.9. The molecule has 0 spiro atoms. The van der Waals surface area contributed by atoms with E-state index in [4.69, 9.17) is 11.6 Å². The number of benzene rings is 2. The summed E-state index contributed by atoms with van der Waals surface area (Å²) in [5, 5.41) is 1.06. The molecule has 0 atom stereocenters. The van der Waals surface area contributed by atoms with Gasteiger partial charge in [-0.25, -0.2) is 4.39 Å². The SMILES string of the molecule is Fc1cccc(Cl)c1/C=C(\CBr)c1ccccc1. The Hall–Kier alpha value is -1.12. The van der Waals surface area contributed by atoms with E-state index in [-0.39, 0.29) is 5.82 Å². The van der Waals surface area contributed by atoms with Gasteiger partial charge in [0.05, 0.1) is 5.02 Å². The Morgan fingerprint density at radius 3 is 2.44 bits per heavy atom. The van der Waals surface area contributed by atoms with Crippen LogP contribution in [0.25, 0.3) is 11.6 Å². The summed E-state index contributed by atoms with van der Waals surface area (Å²) in [5.41, 5.74) is 2.47. The lowest BCUT2D eigenvalue weighted by Gasteiger charge is -2.06. The van der Waals surface area contributed by atoms with Crippen LogP contribution in [0.5, 0.6) is 0 Å². The quantitative estimate of drug-likeness (QED) is 0.522. The highest BCUT2D eigenvalue weighted by molar-refractivity contribution is 9.09. The molecular weight excluding hydrogens is 315 g/mol. The number of alkyl halides is 1. The van der Waals surface area contributed by atoms with Gasteiger partial charge in [0.15, 0.2) is 0 Å². The van der Waals surface area contributed by atoms with Crippen molar-refractivity contribution in [2.75, 3.05) is 5.33 Å². The predicted octanol–water partition coefficient (Wildman–Crippen LogP) is 5.41. The number of halogens is 3. The molecule has 0 heterocycles. The van der Waals surface area contributed by atoms with Crippen LogP contribution in [0.2, 0.25) is 5.02 Å². The van der Waals surface area contributed by atoms with Gasteiger partial charge in [-0.3, -0.25) is 0 Å². The summed E-state index contributed by atoms with van der Waals surface area (Å²) in [6.07, 6.45) is 1.78. The maximum absolute atomic E-state index is 13.7. The van der Waals surface area contributed by atoms with E-state index < -0.39 is 0 Å². The third kappa shape index (κ3) is 3.01. The molecule has 0 fully saturated rings. The van der Waals surface area contributed by atoms with Crippen molar-refractivity contribution in [1.29, 1.82) is 0 Å². The fourth-order valence-electron chi connectivity index (χ4n) is 1.67. The molecule has 18 heavy (non-hydrogen) atoms. The van der Waals surface area contributed by atoms with Crippen LogP contribution >= 0.6 is 27.5 Å². The summed E-state index contributed by atoms with van der Waals surface area (Å²) in [7, 11) is 0. The maximum atomic E-state index is 13.7. The van der Waals surface area contributed by atoms with Gasteiger partial charge in [0.1, 0.15) is 5.82 Å². The third-order valence-electron chi connectivity index (χ3n) is 2.61. The second-order valence-corrected chi connectivity index (χ2v) is 4.77. The first-order chi connectivity index (χ1) is 8.72. The molecule has 2 aromatic carbocycles. The number of hydrogen-bond donors (Lipinski definition) is 0. The van der Waals surface area contributed by atoms with Gasteiger partial charge in [0.2, 0.25) is 0 Å². The van der Waals surface area contributed by atoms with E-state index in [9.17, 15) is 4.39 Å². The summed E-state index contributed by atoms with van der Waals surface area (Å²) in [5.74, 6) is -0.308. The lowest BCUT2D eigenvalue weighted by atomic mass is 10.0. The van der Waals surface area contributed by atoms with Gasteiger partial charge in [-0.15, -0.1) is 0 Å². The topological polar surface area (TPSA) is 0 Å². The minimum Gasteiger partial charge on any atom is -0.206 e. The highest BCUT2D eigenvalue weighted by Gasteiger charge is 2.06. The average molecular weight is 326 g/mol. The van der Waals surface area contributed by atoms with Gasteiger partial charge in [-0.05, 0) is 29.3 Å². The largest absolute Gasteiger partial charge is 0.206 e. The van der Waals surface area contributed by atoms with Crippen molar-refractivity contribution in [2.45, 2.75) is 0 Å². The van der Waals surface area contributed by atoms with Gasteiger partial charge in [-0.1, -0.05) is 63.9 Å². The molecule has 0 aliphatic rings. The van der Waals surface area contributed by atoms with E-state index in [1.165, 1.54) is 6.07 Å². The Bertz CT molecular complexity index is 544. The zero-order valence-electron chi connectivity index (χ0n) is 9.54. The molecule has 0 aliphatic carbocycles. The molecule has 0 saturated carbocycles. The van der Waals surface area contributed by atoms with Crippen molar-refractivity contribution < 1.29 is 4.39 Å². The molecule has 92 valence electrons. The molecule has 0 bridgehead atoms. The molecule has 0 radical (unpaired) electrons. The summed E-state index contributed by atoms with van der Waals surface area (Å²) in [6, 6.07) is 14.5. The van der Waals surface area contributed by atoms with E-state index >= 15 is 0 Å². The Balaban J connectivity index is 2.48. The van der Waals surface area contributed by atoms with Crippen molar-refractivity contribution in [1.82, 2.24) is 0 Å². The molecule has 0 amide bonds. The van der Waals surface area contributed by atoms with Crippen LogP contribution in [0, 0.1) is 5.82 Å². The Morgan fingerprint density at radius 1 is 1.11 bits per heavy atom. The Kier molecular flexibility index (Phi) is 4.56. The van der Waals surface area contributed by atoms with Crippen LogP contribution in [-0.4, -0.2) is 5.33 Å². The van der Waals surface area contributed by atoms with Crippen LogP contribution in [-0.2, 0) is 0 Å². The Labute approximate surface area is 119 Å². The standard InChI is InChI=1S/C15H11BrClF/c16-10-12(11-5-2-1-3-6-11)9-13-14(17)7-4-8-15(13)18/h1-9H,10H2/b12-9+. The summed E-state index contributed by atoms with van der Waals surface area (Å²) >= 11 is 9.44. The second-order valence-electron chi connectivity index (χ2n) is 3.80. The molecule has 3 heteroatoms. The molecule has 0 N–H and O–H groups in total. The molecule has 0 aromatic heterocycles. The molecule has 0 saturated heterocycles. The summed E-state index contributed by atoms with van der Waals surface area (Å²) < 4.78 is 13.7. The van der Waals surface area contributed by atoms with Gasteiger partial charge >= 0.3 is 0 Å². The van der Waals surface area contributed by atoms with Crippen molar-refractivity contribution in [3.8, 4) is 0 Å². The fraction of sp³-hybridized carbons (Fsp3) is 0.0667. The van der Waals surface area contributed by atoms with Crippen LogP contribution in [0.1, 0.15) is 11.1 Å². The summed E-state index contributed by atoms with van der Waals surface area (Å²) in [4.78, 5) is 0. The number of hydrogen-bond acceptors (Lipinski definition) is 0. The smallest absolute Gasteiger partial charge is 0.131 e. The first-order valence-electron chi connectivity index (χ1n) is 5.48. The molecule has 0 unspecified atom stereocenters. The summed E-state index contributed by atoms with van der Waals surface area (Å²) in [6.45, 7) is 0. The highest BCUT2D eigenvalue weighted by atomic mass is 79.9. The van der Waals surface area contributed by atoms with Crippen molar-refractivity contribution in [2.24, 2.45) is 0 Å².